The minimum atomic E-state index is -0.327. The zero-order valence-corrected chi connectivity index (χ0v) is 9.61. The molecule has 2 amide bonds. The minimum Gasteiger partial charge on any atom is -0.276 e. The van der Waals surface area contributed by atoms with Crippen molar-refractivity contribution in [1.29, 1.82) is 0 Å². The molecule has 4 heteroatoms. The van der Waals surface area contributed by atoms with Gasteiger partial charge in [-0.1, -0.05) is 36.4 Å². The SMILES string of the molecule is O=CN(NC(=O)c1ccccc1)c1ccccc1. The number of carbonyl (C=O) groups is 2. The van der Waals surface area contributed by atoms with Gasteiger partial charge in [-0.2, -0.15) is 0 Å². The lowest BCUT2D eigenvalue weighted by Crippen LogP contribution is -2.41. The number of carbonyl (C=O) groups excluding carboxylic acids is 2. The second kappa shape index (κ2) is 5.63. The highest BCUT2D eigenvalue weighted by Crippen LogP contribution is 2.09. The van der Waals surface area contributed by atoms with Gasteiger partial charge in [-0.25, -0.2) is 5.01 Å². The molecule has 0 heterocycles. The molecule has 0 aliphatic heterocycles. The summed E-state index contributed by atoms with van der Waals surface area (Å²) >= 11 is 0. The van der Waals surface area contributed by atoms with Crippen LogP contribution in [0.25, 0.3) is 0 Å². The number of anilines is 1. The first-order chi connectivity index (χ1) is 8.81. The normalized spacial score (nSPS) is 9.56. The standard InChI is InChI=1S/C14H12N2O2/c17-11-16(13-9-5-2-6-10-13)15-14(18)12-7-3-1-4-8-12/h1-11H,(H,15,18). The Morgan fingerprint density at radius 3 is 2.06 bits per heavy atom. The number of nitrogens with zero attached hydrogens (tertiary/aromatic N) is 1. The van der Waals surface area contributed by atoms with E-state index in [0.29, 0.717) is 17.7 Å². The number of para-hydroxylation sites is 1. The van der Waals surface area contributed by atoms with Crippen LogP contribution >= 0.6 is 0 Å². The Bertz CT molecular complexity index is 526. The van der Waals surface area contributed by atoms with E-state index in [9.17, 15) is 9.59 Å². The van der Waals surface area contributed by atoms with Gasteiger partial charge in [0.25, 0.3) is 5.91 Å². The van der Waals surface area contributed by atoms with Crippen LogP contribution in [0.2, 0.25) is 0 Å². The van der Waals surface area contributed by atoms with E-state index in [1.807, 2.05) is 12.1 Å². The maximum atomic E-state index is 11.9. The van der Waals surface area contributed by atoms with Gasteiger partial charge >= 0.3 is 0 Å². The molecule has 2 aromatic rings. The predicted octanol–water partition coefficient (Wildman–Crippen LogP) is 1.99. The van der Waals surface area contributed by atoms with E-state index in [2.05, 4.69) is 5.43 Å². The Morgan fingerprint density at radius 2 is 1.50 bits per heavy atom. The van der Waals surface area contributed by atoms with Crippen molar-refractivity contribution in [1.82, 2.24) is 5.43 Å². The third-order valence-corrected chi connectivity index (χ3v) is 2.40. The van der Waals surface area contributed by atoms with Crippen molar-refractivity contribution >= 4 is 18.0 Å². The second-order valence-corrected chi connectivity index (χ2v) is 3.62. The van der Waals surface area contributed by atoms with Gasteiger partial charge in [0.15, 0.2) is 0 Å². The fourth-order valence-corrected chi connectivity index (χ4v) is 1.50. The highest BCUT2D eigenvalue weighted by atomic mass is 16.2. The van der Waals surface area contributed by atoms with Crippen LogP contribution in [-0.2, 0) is 4.79 Å². The largest absolute Gasteiger partial charge is 0.276 e. The molecule has 0 fully saturated rings. The van der Waals surface area contributed by atoms with E-state index in [1.165, 1.54) is 0 Å². The lowest BCUT2D eigenvalue weighted by atomic mass is 10.2. The van der Waals surface area contributed by atoms with E-state index in [1.54, 1.807) is 48.5 Å². The second-order valence-electron chi connectivity index (χ2n) is 3.62. The van der Waals surface area contributed by atoms with Crippen LogP contribution in [0.1, 0.15) is 10.4 Å². The van der Waals surface area contributed by atoms with Crippen molar-refractivity contribution in [2.45, 2.75) is 0 Å². The number of amides is 2. The molecule has 0 radical (unpaired) electrons. The van der Waals surface area contributed by atoms with Gasteiger partial charge in [0, 0.05) is 5.56 Å². The fraction of sp³-hybridized carbons (Fsp3) is 0. The highest BCUT2D eigenvalue weighted by Gasteiger charge is 2.10. The maximum Gasteiger partial charge on any atom is 0.270 e. The molecule has 0 aliphatic rings. The average Bonchev–Trinajstić information content (AvgIpc) is 2.46. The van der Waals surface area contributed by atoms with E-state index in [0.717, 1.165) is 5.01 Å². The number of hydrazine groups is 1. The summed E-state index contributed by atoms with van der Waals surface area (Å²) in [5, 5.41) is 1.15. The summed E-state index contributed by atoms with van der Waals surface area (Å²) in [6.07, 6.45) is 0.566. The smallest absolute Gasteiger partial charge is 0.270 e. The zero-order chi connectivity index (χ0) is 12.8. The van der Waals surface area contributed by atoms with Crippen LogP contribution in [0.3, 0.4) is 0 Å². The quantitative estimate of drug-likeness (QED) is 0.656. The third kappa shape index (κ3) is 2.74. The van der Waals surface area contributed by atoms with Crippen molar-refractivity contribution in [3.63, 3.8) is 0 Å². The van der Waals surface area contributed by atoms with E-state index in [-0.39, 0.29) is 5.91 Å². The first kappa shape index (κ1) is 11.9. The number of hydrogen-bond donors (Lipinski definition) is 1. The molecule has 0 unspecified atom stereocenters. The van der Waals surface area contributed by atoms with Crippen LogP contribution < -0.4 is 10.4 Å². The summed E-state index contributed by atoms with van der Waals surface area (Å²) in [7, 11) is 0. The lowest BCUT2D eigenvalue weighted by Gasteiger charge is -2.18. The van der Waals surface area contributed by atoms with Gasteiger partial charge in [-0.3, -0.25) is 15.0 Å². The molecule has 2 rings (SSSR count). The molecule has 2 aromatic carbocycles. The molecule has 0 bridgehead atoms. The summed E-state index contributed by atoms with van der Waals surface area (Å²) in [5.74, 6) is -0.327. The molecule has 0 saturated carbocycles. The monoisotopic (exact) mass is 240 g/mol. The van der Waals surface area contributed by atoms with Crippen molar-refractivity contribution in [3.8, 4) is 0 Å². The molecule has 4 nitrogen and oxygen atoms in total. The van der Waals surface area contributed by atoms with Crippen LogP contribution in [0, 0.1) is 0 Å². The van der Waals surface area contributed by atoms with E-state index in [4.69, 9.17) is 0 Å². The first-order valence-electron chi connectivity index (χ1n) is 5.47. The molecule has 18 heavy (non-hydrogen) atoms. The number of benzene rings is 2. The third-order valence-electron chi connectivity index (χ3n) is 2.40. The molecular formula is C14H12N2O2. The van der Waals surface area contributed by atoms with Crippen LogP contribution in [0.15, 0.2) is 60.7 Å². The summed E-state index contributed by atoms with van der Waals surface area (Å²) in [4.78, 5) is 22.9. The molecule has 90 valence electrons. The predicted molar refractivity (Wildman–Crippen MR) is 68.9 cm³/mol. The Morgan fingerprint density at radius 1 is 0.944 bits per heavy atom. The summed E-state index contributed by atoms with van der Waals surface area (Å²) in [6.45, 7) is 0. The highest BCUT2D eigenvalue weighted by molar-refractivity contribution is 5.97. The van der Waals surface area contributed by atoms with Gasteiger partial charge in [-0.15, -0.1) is 0 Å². The summed E-state index contributed by atoms with van der Waals surface area (Å²) < 4.78 is 0. The molecule has 0 aromatic heterocycles. The summed E-state index contributed by atoms with van der Waals surface area (Å²) in [6, 6.07) is 17.6. The zero-order valence-electron chi connectivity index (χ0n) is 9.61. The Balaban J connectivity index is 2.13. The first-order valence-corrected chi connectivity index (χ1v) is 5.47. The molecule has 0 saturated heterocycles. The van der Waals surface area contributed by atoms with Crippen molar-refractivity contribution in [2.75, 3.05) is 5.01 Å². The minimum absolute atomic E-state index is 0.327. The van der Waals surface area contributed by atoms with Crippen LogP contribution in [0.4, 0.5) is 5.69 Å². The van der Waals surface area contributed by atoms with Crippen molar-refractivity contribution in [3.05, 3.63) is 66.2 Å². The molecule has 0 aliphatic carbocycles. The van der Waals surface area contributed by atoms with E-state index >= 15 is 0 Å². The van der Waals surface area contributed by atoms with Gasteiger partial charge in [0.2, 0.25) is 6.41 Å². The topological polar surface area (TPSA) is 49.4 Å². The van der Waals surface area contributed by atoms with Gasteiger partial charge in [-0.05, 0) is 24.3 Å². The number of nitrogens with one attached hydrogen (secondary N) is 1. The van der Waals surface area contributed by atoms with Crippen LogP contribution in [-0.4, -0.2) is 12.3 Å². The Labute approximate surface area is 105 Å². The fourth-order valence-electron chi connectivity index (χ4n) is 1.50. The van der Waals surface area contributed by atoms with Gasteiger partial charge in [0.05, 0.1) is 5.69 Å². The summed E-state index contributed by atoms with van der Waals surface area (Å²) in [5.41, 5.74) is 3.63. The molecule has 1 N–H and O–H groups in total. The van der Waals surface area contributed by atoms with Crippen molar-refractivity contribution in [2.24, 2.45) is 0 Å². The Kier molecular flexibility index (Phi) is 3.71. The molecule has 0 spiro atoms. The maximum absolute atomic E-state index is 11.9. The van der Waals surface area contributed by atoms with E-state index < -0.39 is 0 Å². The Hall–Kier alpha value is -2.62. The van der Waals surface area contributed by atoms with Crippen molar-refractivity contribution < 1.29 is 9.59 Å². The molecule has 0 atom stereocenters. The lowest BCUT2D eigenvalue weighted by molar-refractivity contribution is -0.107. The van der Waals surface area contributed by atoms with Crippen LogP contribution in [0.5, 0.6) is 0 Å². The van der Waals surface area contributed by atoms with Gasteiger partial charge < -0.3 is 0 Å². The number of hydrogen-bond acceptors (Lipinski definition) is 2. The number of rotatable bonds is 4. The van der Waals surface area contributed by atoms with Gasteiger partial charge in [0.1, 0.15) is 0 Å². The average molecular weight is 240 g/mol. The molecular weight excluding hydrogens is 228 g/mol.